The van der Waals surface area contributed by atoms with Crippen LogP contribution in [0.1, 0.15) is 11.6 Å². The molecular formula is C15H17N3O3S. The molecule has 6 nitrogen and oxygen atoms in total. The molecule has 0 spiro atoms. The Morgan fingerprint density at radius 2 is 2.27 bits per heavy atom. The van der Waals surface area contributed by atoms with E-state index in [0.717, 1.165) is 5.56 Å². The van der Waals surface area contributed by atoms with Crippen LogP contribution in [0.2, 0.25) is 0 Å². The van der Waals surface area contributed by atoms with Crippen LogP contribution < -0.4 is 10.1 Å². The van der Waals surface area contributed by atoms with Gasteiger partial charge in [-0.1, -0.05) is 41.7 Å². The van der Waals surface area contributed by atoms with Crippen LogP contribution in [0, 0.1) is 0 Å². The Morgan fingerprint density at radius 3 is 3.00 bits per heavy atom. The van der Waals surface area contributed by atoms with Crippen molar-refractivity contribution in [1.29, 1.82) is 0 Å². The number of anilines is 1. The molecule has 1 aliphatic rings. The molecule has 1 saturated heterocycles. The molecule has 2 amide bonds. The summed E-state index contributed by atoms with van der Waals surface area (Å²) in [7, 11) is 1.58. The average Bonchev–Trinajstić information content (AvgIpc) is 3.03. The summed E-state index contributed by atoms with van der Waals surface area (Å²) in [4.78, 5) is 18.4. The number of amides is 2. The first-order valence-corrected chi connectivity index (χ1v) is 7.79. The number of nitrogens with zero attached hydrogens (tertiary/aromatic N) is 2. The SMILES string of the molecule is COc1cnc(NC(=O)N2CCOCC2c2ccccc2)s1. The van der Waals surface area contributed by atoms with E-state index in [0.29, 0.717) is 30.0 Å². The summed E-state index contributed by atoms with van der Waals surface area (Å²) in [5, 5.41) is 4.02. The van der Waals surface area contributed by atoms with Gasteiger partial charge < -0.3 is 14.4 Å². The normalized spacial score (nSPS) is 18.0. The fourth-order valence-electron chi connectivity index (χ4n) is 2.37. The van der Waals surface area contributed by atoms with Gasteiger partial charge in [0.05, 0.1) is 32.6 Å². The minimum absolute atomic E-state index is 0.0863. The number of ether oxygens (including phenoxy) is 2. The number of hydrogen-bond donors (Lipinski definition) is 1. The van der Waals surface area contributed by atoms with E-state index in [4.69, 9.17) is 9.47 Å². The Balaban J connectivity index is 1.74. The molecule has 1 atom stereocenters. The molecule has 1 N–H and O–H groups in total. The summed E-state index contributed by atoms with van der Waals surface area (Å²) in [6.45, 7) is 1.59. The summed E-state index contributed by atoms with van der Waals surface area (Å²) in [5.74, 6) is 0. The predicted octanol–water partition coefficient (Wildman–Crippen LogP) is 2.76. The van der Waals surface area contributed by atoms with E-state index in [1.54, 1.807) is 18.2 Å². The maximum atomic E-state index is 12.5. The lowest BCUT2D eigenvalue weighted by molar-refractivity contribution is 0.0148. The van der Waals surface area contributed by atoms with Crippen molar-refractivity contribution in [2.75, 3.05) is 32.2 Å². The topological polar surface area (TPSA) is 63.7 Å². The molecule has 3 rings (SSSR count). The highest BCUT2D eigenvalue weighted by Crippen LogP contribution is 2.28. The highest BCUT2D eigenvalue weighted by Gasteiger charge is 2.29. The molecule has 1 aliphatic heterocycles. The molecule has 1 fully saturated rings. The van der Waals surface area contributed by atoms with E-state index in [2.05, 4.69) is 10.3 Å². The van der Waals surface area contributed by atoms with Gasteiger partial charge in [0.15, 0.2) is 10.2 Å². The molecule has 2 aromatic rings. The van der Waals surface area contributed by atoms with Crippen molar-refractivity contribution in [3.8, 4) is 5.06 Å². The molecular weight excluding hydrogens is 302 g/mol. The van der Waals surface area contributed by atoms with Gasteiger partial charge in [0.1, 0.15) is 0 Å². The molecule has 0 saturated carbocycles. The first kappa shape index (κ1) is 14.8. The van der Waals surface area contributed by atoms with E-state index >= 15 is 0 Å². The number of urea groups is 1. The number of carbonyl (C=O) groups excluding carboxylic acids is 1. The van der Waals surface area contributed by atoms with Crippen LogP contribution in [-0.2, 0) is 4.74 Å². The van der Waals surface area contributed by atoms with Gasteiger partial charge in [0.25, 0.3) is 0 Å². The average molecular weight is 319 g/mol. The maximum Gasteiger partial charge on any atom is 0.324 e. The molecule has 116 valence electrons. The molecule has 7 heteroatoms. The van der Waals surface area contributed by atoms with Gasteiger partial charge in [-0.3, -0.25) is 5.32 Å². The number of nitrogens with one attached hydrogen (secondary N) is 1. The van der Waals surface area contributed by atoms with Crippen LogP contribution in [-0.4, -0.2) is 42.8 Å². The van der Waals surface area contributed by atoms with E-state index in [-0.39, 0.29) is 12.1 Å². The summed E-state index contributed by atoms with van der Waals surface area (Å²) in [6, 6.07) is 9.64. The smallest absolute Gasteiger partial charge is 0.324 e. The largest absolute Gasteiger partial charge is 0.486 e. The lowest BCUT2D eigenvalue weighted by Gasteiger charge is -2.35. The second kappa shape index (κ2) is 6.76. The number of methoxy groups -OCH3 is 1. The third-order valence-corrected chi connectivity index (χ3v) is 4.35. The van der Waals surface area contributed by atoms with Gasteiger partial charge in [-0.15, -0.1) is 0 Å². The summed E-state index contributed by atoms with van der Waals surface area (Å²) in [5.41, 5.74) is 1.06. The highest BCUT2D eigenvalue weighted by atomic mass is 32.1. The van der Waals surface area contributed by atoms with Crippen molar-refractivity contribution >= 4 is 22.5 Å². The third kappa shape index (κ3) is 3.20. The minimum atomic E-state index is -0.172. The van der Waals surface area contributed by atoms with Gasteiger partial charge in [-0.25, -0.2) is 9.78 Å². The van der Waals surface area contributed by atoms with E-state index in [1.807, 2.05) is 30.3 Å². The number of morpholine rings is 1. The second-order valence-electron chi connectivity index (χ2n) is 4.81. The van der Waals surface area contributed by atoms with E-state index in [1.165, 1.54) is 11.3 Å². The van der Waals surface area contributed by atoms with Crippen LogP contribution >= 0.6 is 11.3 Å². The molecule has 0 radical (unpaired) electrons. The second-order valence-corrected chi connectivity index (χ2v) is 5.81. The van der Waals surface area contributed by atoms with Crippen molar-refractivity contribution in [3.63, 3.8) is 0 Å². The molecule has 0 aliphatic carbocycles. The molecule has 2 heterocycles. The minimum Gasteiger partial charge on any atom is -0.486 e. The molecule has 1 unspecified atom stereocenters. The number of thiazole rings is 1. The summed E-state index contributed by atoms with van der Waals surface area (Å²) < 4.78 is 10.6. The van der Waals surface area contributed by atoms with Crippen molar-refractivity contribution < 1.29 is 14.3 Å². The zero-order valence-corrected chi connectivity index (χ0v) is 13.0. The van der Waals surface area contributed by atoms with Crippen molar-refractivity contribution in [2.24, 2.45) is 0 Å². The zero-order chi connectivity index (χ0) is 15.4. The molecule has 0 bridgehead atoms. The lowest BCUT2D eigenvalue weighted by atomic mass is 10.1. The van der Waals surface area contributed by atoms with Gasteiger partial charge >= 0.3 is 6.03 Å². The van der Waals surface area contributed by atoms with Gasteiger partial charge in [-0.05, 0) is 5.56 Å². The first-order chi connectivity index (χ1) is 10.8. The zero-order valence-electron chi connectivity index (χ0n) is 12.2. The van der Waals surface area contributed by atoms with Crippen LogP contribution in [0.15, 0.2) is 36.5 Å². The Morgan fingerprint density at radius 1 is 1.45 bits per heavy atom. The fraction of sp³-hybridized carbons (Fsp3) is 0.333. The number of hydrogen-bond acceptors (Lipinski definition) is 5. The molecule has 1 aromatic heterocycles. The lowest BCUT2D eigenvalue weighted by Crippen LogP contribution is -2.45. The number of aromatic nitrogens is 1. The predicted molar refractivity (Wildman–Crippen MR) is 84.4 cm³/mol. The number of carbonyl (C=O) groups is 1. The summed E-state index contributed by atoms with van der Waals surface area (Å²) in [6.07, 6.45) is 1.59. The number of benzene rings is 1. The molecule has 1 aromatic carbocycles. The van der Waals surface area contributed by atoms with Crippen LogP contribution in [0.25, 0.3) is 0 Å². The Hall–Kier alpha value is -2.12. The Bertz CT molecular complexity index is 632. The van der Waals surface area contributed by atoms with Crippen molar-refractivity contribution in [1.82, 2.24) is 9.88 Å². The quantitative estimate of drug-likeness (QED) is 0.945. The monoisotopic (exact) mass is 319 g/mol. The fourth-order valence-corrected chi connectivity index (χ4v) is 3.00. The van der Waals surface area contributed by atoms with Crippen molar-refractivity contribution in [2.45, 2.75) is 6.04 Å². The summed E-state index contributed by atoms with van der Waals surface area (Å²) >= 11 is 1.30. The maximum absolute atomic E-state index is 12.5. The number of rotatable bonds is 3. The highest BCUT2D eigenvalue weighted by molar-refractivity contribution is 7.17. The third-order valence-electron chi connectivity index (χ3n) is 3.47. The molecule has 22 heavy (non-hydrogen) atoms. The van der Waals surface area contributed by atoms with Crippen LogP contribution in [0.3, 0.4) is 0 Å². The van der Waals surface area contributed by atoms with E-state index < -0.39 is 0 Å². The first-order valence-electron chi connectivity index (χ1n) is 6.98. The van der Waals surface area contributed by atoms with Gasteiger partial charge in [0.2, 0.25) is 0 Å². The Labute approximate surface area is 132 Å². The van der Waals surface area contributed by atoms with Gasteiger partial charge in [-0.2, -0.15) is 0 Å². The van der Waals surface area contributed by atoms with E-state index in [9.17, 15) is 4.79 Å². The van der Waals surface area contributed by atoms with Crippen LogP contribution in [0.5, 0.6) is 5.06 Å². The Kier molecular flexibility index (Phi) is 4.55. The van der Waals surface area contributed by atoms with Crippen molar-refractivity contribution in [3.05, 3.63) is 42.1 Å². The van der Waals surface area contributed by atoms with Crippen LogP contribution in [0.4, 0.5) is 9.93 Å². The standard InChI is InChI=1S/C15H17N3O3S/c1-20-13-9-16-14(22-13)17-15(19)18-7-8-21-10-12(18)11-5-3-2-4-6-11/h2-6,9,12H,7-8,10H2,1H3,(H,16,17,19). The van der Waals surface area contributed by atoms with Gasteiger partial charge in [0, 0.05) is 6.54 Å².